The van der Waals surface area contributed by atoms with Crippen LogP contribution in [0.3, 0.4) is 0 Å². The summed E-state index contributed by atoms with van der Waals surface area (Å²) < 4.78 is 24.5. The fourth-order valence-corrected chi connectivity index (χ4v) is 4.41. The number of amides is 2. The van der Waals surface area contributed by atoms with Gasteiger partial charge in [0.25, 0.3) is 0 Å². The average Bonchev–Trinajstić information content (AvgIpc) is 3.18. The number of carbonyl (C=O) groups excluding carboxylic acids is 2. The van der Waals surface area contributed by atoms with Crippen molar-refractivity contribution in [3.63, 3.8) is 0 Å². The lowest BCUT2D eigenvalue weighted by molar-refractivity contribution is -0.188. The molecule has 0 N–H and O–H groups in total. The van der Waals surface area contributed by atoms with Crippen LogP contribution in [0.5, 0.6) is 0 Å². The van der Waals surface area contributed by atoms with Gasteiger partial charge >= 0.3 is 0 Å². The summed E-state index contributed by atoms with van der Waals surface area (Å²) in [5, 5.41) is 0. The van der Waals surface area contributed by atoms with Gasteiger partial charge < -0.3 is 19.3 Å². The number of halogens is 1. The van der Waals surface area contributed by atoms with Crippen LogP contribution in [0.25, 0.3) is 0 Å². The lowest BCUT2D eigenvalue weighted by atomic mass is 9.94. The van der Waals surface area contributed by atoms with Crippen molar-refractivity contribution >= 4 is 11.8 Å². The topological polar surface area (TPSA) is 59.1 Å². The smallest absolute Gasteiger partial charge is 0.227 e. The fourth-order valence-electron chi connectivity index (χ4n) is 4.41. The van der Waals surface area contributed by atoms with E-state index in [1.54, 1.807) is 17.0 Å². The zero-order valence-electron chi connectivity index (χ0n) is 16.1. The number of likely N-dealkylation sites (tertiary alicyclic amines) is 2. The number of hydrogen-bond acceptors (Lipinski definition) is 4. The highest BCUT2D eigenvalue weighted by Crippen LogP contribution is 2.32. The molecule has 6 nitrogen and oxygen atoms in total. The van der Waals surface area contributed by atoms with E-state index in [0.717, 1.165) is 18.4 Å². The highest BCUT2D eigenvalue weighted by molar-refractivity contribution is 5.82. The minimum atomic E-state index is -0.486. The molecule has 0 aliphatic carbocycles. The van der Waals surface area contributed by atoms with Crippen molar-refractivity contribution in [3.8, 4) is 0 Å². The van der Waals surface area contributed by atoms with E-state index in [0.29, 0.717) is 52.2 Å². The van der Waals surface area contributed by atoms with E-state index in [9.17, 15) is 14.0 Å². The predicted octanol–water partition coefficient (Wildman–Crippen LogP) is 1.97. The quantitative estimate of drug-likeness (QED) is 0.792. The molecule has 3 fully saturated rings. The molecule has 3 saturated heterocycles. The number of hydrogen-bond donors (Lipinski definition) is 0. The van der Waals surface area contributed by atoms with Crippen LogP contribution in [0, 0.1) is 11.7 Å². The van der Waals surface area contributed by atoms with Crippen LogP contribution in [0.4, 0.5) is 4.39 Å². The SMILES string of the molecule is O=C(Cc1ccc(F)cc1)N1CCCC(C(=O)N2CCC3(CC2)OCCO3)C1. The lowest BCUT2D eigenvalue weighted by Crippen LogP contribution is -2.52. The Hall–Kier alpha value is -1.99. The number of ether oxygens (including phenoxy) is 2. The van der Waals surface area contributed by atoms with E-state index in [-0.39, 0.29) is 30.0 Å². The summed E-state index contributed by atoms with van der Waals surface area (Å²) in [7, 11) is 0. The van der Waals surface area contributed by atoms with Gasteiger partial charge in [-0.05, 0) is 30.5 Å². The largest absolute Gasteiger partial charge is 0.347 e. The molecule has 1 aromatic carbocycles. The summed E-state index contributed by atoms with van der Waals surface area (Å²) in [6.45, 7) is 3.67. The van der Waals surface area contributed by atoms with Gasteiger partial charge in [0.15, 0.2) is 5.79 Å². The van der Waals surface area contributed by atoms with Crippen LogP contribution in [0.2, 0.25) is 0 Å². The van der Waals surface area contributed by atoms with Gasteiger partial charge in [-0.15, -0.1) is 0 Å². The summed E-state index contributed by atoms with van der Waals surface area (Å²) in [6.07, 6.45) is 3.29. The molecule has 152 valence electrons. The monoisotopic (exact) mass is 390 g/mol. The molecule has 1 atom stereocenters. The lowest BCUT2D eigenvalue weighted by Gasteiger charge is -2.40. The van der Waals surface area contributed by atoms with Crippen LogP contribution in [-0.2, 0) is 25.5 Å². The van der Waals surface area contributed by atoms with Crippen LogP contribution in [0.1, 0.15) is 31.2 Å². The Morgan fingerprint density at radius 1 is 1.04 bits per heavy atom. The second-order valence-electron chi connectivity index (χ2n) is 7.92. The Morgan fingerprint density at radius 3 is 2.39 bits per heavy atom. The van der Waals surface area contributed by atoms with Crippen LogP contribution < -0.4 is 0 Å². The maximum Gasteiger partial charge on any atom is 0.227 e. The molecule has 2 amide bonds. The average molecular weight is 390 g/mol. The van der Waals surface area contributed by atoms with Crippen molar-refractivity contribution in [1.29, 1.82) is 0 Å². The van der Waals surface area contributed by atoms with E-state index in [1.165, 1.54) is 12.1 Å². The predicted molar refractivity (Wildman–Crippen MR) is 99.9 cm³/mol. The van der Waals surface area contributed by atoms with E-state index in [4.69, 9.17) is 9.47 Å². The third-order valence-electron chi connectivity index (χ3n) is 6.04. The minimum Gasteiger partial charge on any atom is -0.347 e. The minimum absolute atomic E-state index is 0.00513. The first kappa shape index (κ1) is 19.3. The second-order valence-corrected chi connectivity index (χ2v) is 7.92. The van der Waals surface area contributed by atoms with Crippen molar-refractivity contribution in [2.75, 3.05) is 39.4 Å². The van der Waals surface area contributed by atoms with Crippen molar-refractivity contribution in [2.24, 2.45) is 5.92 Å². The molecule has 28 heavy (non-hydrogen) atoms. The molecular weight excluding hydrogens is 363 g/mol. The summed E-state index contributed by atoms with van der Waals surface area (Å²) >= 11 is 0. The molecule has 0 saturated carbocycles. The van der Waals surface area contributed by atoms with E-state index >= 15 is 0 Å². The molecule has 0 aromatic heterocycles. The van der Waals surface area contributed by atoms with Gasteiger partial charge in [0, 0.05) is 39.0 Å². The van der Waals surface area contributed by atoms with Gasteiger partial charge in [-0.1, -0.05) is 12.1 Å². The number of nitrogens with zero attached hydrogens (tertiary/aromatic N) is 2. The first-order chi connectivity index (χ1) is 13.5. The molecular formula is C21H27FN2O4. The van der Waals surface area contributed by atoms with Crippen molar-refractivity contribution in [1.82, 2.24) is 9.80 Å². The summed E-state index contributed by atoms with van der Waals surface area (Å²) in [5.74, 6) is -0.816. The molecule has 0 bridgehead atoms. The zero-order valence-corrected chi connectivity index (χ0v) is 16.1. The maximum atomic E-state index is 13.0. The van der Waals surface area contributed by atoms with Gasteiger partial charge in [0.1, 0.15) is 5.82 Å². The van der Waals surface area contributed by atoms with Gasteiger partial charge in [0.2, 0.25) is 11.8 Å². The van der Waals surface area contributed by atoms with Gasteiger partial charge in [0.05, 0.1) is 25.6 Å². The molecule has 1 aromatic rings. The van der Waals surface area contributed by atoms with E-state index in [1.807, 2.05) is 4.90 Å². The van der Waals surface area contributed by atoms with Crippen LogP contribution in [0.15, 0.2) is 24.3 Å². The first-order valence-electron chi connectivity index (χ1n) is 10.1. The first-order valence-corrected chi connectivity index (χ1v) is 10.1. The zero-order chi connectivity index (χ0) is 19.6. The van der Waals surface area contributed by atoms with Crippen LogP contribution in [-0.4, -0.2) is 66.8 Å². The highest BCUT2D eigenvalue weighted by Gasteiger charge is 2.42. The number of carbonyl (C=O) groups is 2. The Bertz CT molecular complexity index is 708. The van der Waals surface area contributed by atoms with Crippen molar-refractivity contribution in [3.05, 3.63) is 35.6 Å². The van der Waals surface area contributed by atoms with Gasteiger partial charge in [-0.2, -0.15) is 0 Å². The standard InChI is InChI=1S/C21H27FN2O4/c22-18-5-3-16(4-6-18)14-19(25)24-9-1-2-17(15-24)20(26)23-10-7-21(8-11-23)27-12-13-28-21/h3-6,17H,1-2,7-15H2. The molecule has 1 unspecified atom stereocenters. The van der Waals surface area contributed by atoms with Gasteiger partial charge in [-0.25, -0.2) is 4.39 Å². The molecule has 3 aliphatic rings. The molecule has 3 aliphatic heterocycles. The van der Waals surface area contributed by atoms with E-state index in [2.05, 4.69) is 0 Å². The summed E-state index contributed by atoms with van der Waals surface area (Å²) in [4.78, 5) is 29.3. The summed E-state index contributed by atoms with van der Waals surface area (Å²) in [6, 6.07) is 6.01. The summed E-state index contributed by atoms with van der Waals surface area (Å²) in [5.41, 5.74) is 0.790. The highest BCUT2D eigenvalue weighted by atomic mass is 19.1. The molecule has 3 heterocycles. The number of benzene rings is 1. The Morgan fingerprint density at radius 2 is 1.71 bits per heavy atom. The molecule has 4 rings (SSSR count). The maximum absolute atomic E-state index is 13.0. The third-order valence-corrected chi connectivity index (χ3v) is 6.04. The van der Waals surface area contributed by atoms with Crippen molar-refractivity contribution in [2.45, 2.75) is 37.9 Å². The Labute approximate surface area is 164 Å². The second kappa shape index (κ2) is 8.17. The van der Waals surface area contributed by atoms with E-state index < -0.39 is 5.79 Å². The van der Waals surface area contributed by atoms with Crippen LogP contribution >= 0.6 is 0 Å². The number of piperidine rings is 2. The molecule has 1 spiro atoms. The Balaban J connectivity index is 1.31. The number of rotatable bonds is 3. The fraction of sp³-hybridized carbons (Fsp3) is 0.619. The molecule has 7 heteroatoms. The third kappa shape index (κ3) is 4.20. The normalized spacial score (nSPS) is 24.5. The Kier molecular flexibility index (Phi) is 5.64. The van der Waals surface area contributed by atoms with Gasteiger partial charge in [-0.3, -0.25) is 9.59 Å². The van der Waals surface area contributed by atoms with Crippen molar-refractivity contribution < 1.29 is 23.5 Å². The molecule has 0 radical (unpaired) electrons.